The number of hydrogen-bond donors (Lipinski definition) is 3. The normalized spacial score (nSPS) is 25.2. The first kappa shape index (κ1) is 14.3. The molecule has 19 heavy (non-hydrogen) atoms. The zero-order valence-electron chi connectivity index (χ0n) is 11.8. The van der Waals surface area contributed by atoms with E-state index in [9.17, 15) is 0 Å². The molecule has 4 nitrogen and oxygen atoms in total. The van der Waals surface area contributed by atoms with Gasteiger partial charge in [0.25, 0.3) is 0 Å². The van der Waals surface area contributed by atoms with Crippen molar-refractivity contribution >= 4 is 5.82 Å². The van der Waals surface area contributed by atoms with Gasteiger partial charge in [0, 0.05) is 12.2 Å². The topological polar surface area (TPSA) is 77.0 Å². The monoisotopic (exact) mass is 262 g/mol. The Bertz CT molecular complexity index is 385. The molecular formula is C15H26N4. The zero-order chi connectivity index (χ0) is 13.7. The van der Waals surface area contributed by atoms with E-state index in [1.54, 1.807) is 6.20 Å². The first-order chi connectivity index (χ1) is 9.22. The van der Waals surface area contributed by atoms with Crippen LogP contribution in [0.2, 0.25) is 0 Å². The smallest absolute Gasteiger partial charge is 0.123 e. The van der Waals surface area contributed by atoms with Gasteiger partial charge in [-0.15, -0.1) is 0 Å². The standard InChI is InChI=1S/C15H26N4/c1-2-11-3-5-13(6-4-11)14(19-17)9-12-7-8-18-15(16)10-12/h7-8,10-11,13-14,19H,2-6,9,17H2,1H3,(H2,16,18). The van der Waals surface area contributed by atoms with Crippen molar-refractivity contribution in [2.45, 2.75) is 51.5 Å². The van der Waals surface area contributed by atoms with E-state index >= 15 is 0 Å². The molecule has 4 heteroatoms. The quantitative estimate of drug-likeness (QED) is 0.562. The molecule has 1 heterocycles. The molecule has 0 aromatic carbocycles. The molecule has 0 spiro atoms. The second-order valence-corrected chi connectivity index (χ2v) is 5.76. The molecule has 1 aliphatic rings. The van der Waals surface area contributed by atoms with Crippen LogP contribution in [0.1, 0.15) is 44.6 Å². The maximum atomic E-state index is 5.76. The highest BCUT2D eigenvalue weighted by atomic mass is 15.2. The van der Waals surface area contributed by atoms with Gasteiger partial charge in [-0.3, -0.25) is 11.3 Å². The summed E-state index contributed by atoms with van der Waals surface area (Å²) in [6.45, 7) is 2.30. The predicted molar refractivity (Wildman–Crippen MR) is 79.2 cm³/mol. The van der Waals surface area contributed by atoms with Crippen molar-refractivity contribution < 1.29 is 0 Å². The molecule has 0 saturated heterocycles. The van der Waals surface area contributed by atoms with Gasteiger partial charge >= 0.3 is 0 Å². The minimum absolute atomic E-state index is 0.347. The summed E-state index contributed by atoms with van der Waals surface area (Å²) in [6.07, 6.45) is 9.28. The van der Waals surface area contributed by atoms with Gasteiger partial charge in [0.2, 0.25) is 0 Å². The third kappa shape index (κ3) is 3.91. The van der Waals surface area contributed by atoms with Crippen LogP contribution in [0.4, 0.5) is 5.82 Å². The van der Waals surface area contributed by atoms with E-state index in [0.29, 0.717) is 17.8 Å². The number of rotatable bonds is 5. The average molecular weight is 262 g/mol. The van der Waals surface area contributed by atoms with E-state index < -0.39 is 0 Å². The highest BCUT2D eigenvalue weighted by molar-refractivity contribution is 5.32. The van der Waals surface area contributed by atoms with Crippen LogP contribution >= 0.6 is 0 Å². The number of aromatic nitrogens is 1. The molecule has 106 valence electrons. The number of pyridine rings is 1. The number of nitrogen functional groups attached to an aromatic ring is 1. The predicted octanol–water partition coefficient (Wildman–Crippen LogP) is 2.25. The maximum Gasteiger partial charge on any atom is 0.123 e. The van der Waals surface area contributed by atoms with Crippen LogP contribution in [-0.2, 0) is 6.42 Å². The van der Waals surface area contributed by atoms with Crippen LogP contribution in [0.25, 0.3) is 0 Å². The summed E-state index contributed by atoms with van der Waals surface area (Å²) in [5.74, 6) is 7.95. The summed E-state index contributed by atoms with van der Waals surface area (Å²) in [4.78, 5) is 4.03. The summed E-state index contributed by atoms with van der Waals surface area (Å²) in [7, 11) is 0. The van der Waals surface area contributed by atoms with Crippen LogP contribution in [0.3, 0.4) is 0 Å². The first-order valence-electron chi connectivity index (χ1n) is 7.39. The molecule has 1 aromatic heterocycles. The highest BCUT2D eigenvalue weighted by Gasteiger charge is 2.26. The van der Waals surface area contributed by atoms with Gasteiger partial charge in [0.15, 0.2) is 0 Å². The summed E-state index contributed by atoms with van der Waals surface area (Å²) in [6, 6.07) is 4.32. The van der Waals surface area contributed by atoms with Gasteiger partial charge < -0.3 is 5.73 Å². The molecule has 2 rings (SSSR count). The third-order valence-electron chi connectivity index (χ3n) is 4.55. The molecule has 1 saturated carbocycles. The number of nitrogens with one attached hydrogen (secondary N) is 1. The molecule has 0 amide bonds. The molecule has 1 aliphatic carbocycles. The van der Waals surface area contributed by atoms with Crippen molar-refractivity contribution in [1.82, 2.24) is 10.4 Å². The Morgan fingerprint density at radius 2 is 2.11 bits per heavy atom. The Hall–Kier alpha value is -1.13. The minimum atomic E-state index is 0.347. The molecule has 1 unspecified atom stereocenters. The van der Waals surface area contributed by atoms with Crippen LogP contribution in [-0.4, -0.2) is 11.0 Å². The van der Waals surface area contributed by atoms with E-state index in [-0.39, 0.29) is 0 Å². The van der Waals surface area contributed by atoms with Crippen molar-refractivity contribution in [1.29, 1.82) is 0 Å². The number of nitrogens with zero attached hydrogens (tertiary/aromatic N) is 1. The average Bonchev–Trinajstić information content (AvgIpc) is 2.45. The fraction of sp³-hybridized carbons (Fsp3) is 0.667. The molecular weight excluding hydrogens is 236 g/mol. The number of anilines is 1. The summed E-state index contributed by atoms with van der Waals surface area (Å²) >= 11 is 0. The summed E-state index contributed by atoms with van der Waals surface area (Å²) in [5.41, 5.74) is 9.95. The highest BCUT2D eigenvalue weighted by Crippen LogP contribution is 2.33. The molecule has 0 radical (unpaired) electrons. The Morgan fingerprint density at radius 1 is 1.37 bits per heavy atom. The van der Waals surface area contributed by atoms with Crippen molar-refractivity contribution in [3.8, 4) is 0 Å². The van der Waals surface area contributed by atoms with Crippen LogP contribution in [0.15, 0.2) is 18.3 Å². The molecule has 0 bridgehead atoms. The van der Waals surface area contributed by atoms with Gasteiger partial charge in [-0.2, -0.15) is 0 Å². The van der Waals surface area contributed by atoms with Crippen molar-refractivity contribution in [3.05, 3.63) is 23.9 Å². The number of nitrogens with two attached hydrogens (primary N) is 2. The van der Waals surface area contributed by atoms with Crippen molar-refractivity contribution in [2.75, 3.05) is 5.73 Å². The lowest BCUT2D eigenvalue weighted by atomic mass is 9.76. The molecule has 1 atom stereocenters. The summed E-state index contributed by atoms with van der Waals surface area (Å²) in [5, 5.41) is 0. The van der Waals surface area contributed by atoms with Crippen LogP contribution in [0, 0.1) is 11.8 Å². The lowest BCUT2D eigenvalue weighted by Gasteiger charge is -2.33. The third-order valence-corrected chi connectivity index (χ3v) is 4.55. The molecule has 0 aliphatic heterocycles. The molecule has 5 N–H and O–H groups in total. The van der Waals surface area contributed by atoms with Gasteiger partial charge in [-0.1, -0.05) is 26.2 Å². The second kappa shape index (κ2) is 6.87. The number of hydrazine groups is 1. The van der Waals surface area contributed by atoms with Crippen LogP contribution < -0.4 is 17.0 Å². The van der Waals surface area contributed by atoms with Gasteiger partial charge in [-0.25, -0.2) is 4.98 Å². The van der Waals surface area contributed by atoms with Crippen molar-refractivity contribution in [3.63, 3.8) is 0 Å². The maximum absolute atomic E-state index is 5.76. The largest absolute Gasteiger partial charge is 0.384 e. The van der Waals surface area contributed by atoms with E-state index in [1.165, 1.54) is 37.7 Å². The van der Waals surface area contributed by atoms with Gasteiger partial charge in [0.05, 0.1) is 0 Å². The van der Waals surface area contributed by atoms with E-state index in [1.807, 2.05) is 12.1 Å². The molecule has 1 fully saturated rings. The summed E-state index contributed by atoms with van der Waals surface area (Å²) < 4.78 is 0. The number of hydrogen-bond acceptors (Lipinski definition) is 4. The van der Waals surface area contributed by atoms with Crippen LogP contribution in [0.5, 0.6) is 0 Å². The van der Waals surface area contributed by atoms with E-state index in [0.717, 1.165) is 12.3 Å². The second-order valence-electron chi connectivity index (χ2n) is 5.76. The van der Waals surface area contributed by atoms with E-state index in [4.69, 9.17) is 11.6 Å². The fourth-order valence-electron chi connectivity index (χ4n) is 3.24. The van der Waals surface area contributed by atoms with E-state index in [2.05, 4.69) is 17.3 Å². The Labute approximate surface area is 115 Å². The minimum Gasteiger partial charge on any atom is -0.384 e. The van der Waals surface area contributed by atoms with Gasteiger partial charge in [0.1, 0.15) is 5.82 Å². The Kier molecular flexibility index (Phi) is 5.16. The van der Waals surface area contributed by atoms with Crippen molar-refractivity contribution in [2.24, 2.45) is 17.7 Å². The lowest BCUT2D eigenvalue weighted by Crippen LogP contribution is -2.43. The lowest BCUT2D eigenvalue weighted by molar-refractivity contribution is 0.217. The zero-order valence-corrected chi connectivity index (χ0v) is 11.8. The Morgan fingerprint density at radius 3 is 2.68 bits per heavy atom. The Balaban J connectivity index is 1.93. The SMILES string of the molecule is CCC1CCC(C(Cc2ccnc(N)c2)NN)CC1. The first-order valence-corrected chi connectivity index (χ1v) is 7.39. The molecule has 1 aromatic rings. The van der Waals surface area contributed by atoms with Gasteiger partial charge in [-0.05, 0) is 48.8 Å². The fourth-order valence-corrected chi connectivity index (χ4v) is 3.24.